The highest BCUT2D eigenvalue weighted by Crippen LogP contribution is 2.41. The van der Waals surface area contributed by atoms with E-state index in [0.29, 0.717) is 23.4 Å². The number of fused-ring (bicyclic) bond motifs is 7. The summed E-state index contributed by atoms with van der Waals surface area (Å²) >= 11 is 0. The molecule has 0 amide bonds. The molecule has 0 radical (unpaired) electrons. The summed E-state index contributed by atoms with van der Waals surface area (Å²) in [5, 5.41) is 6.47. The van der Waals surface area contributed by atoms with Crippen molar-refractivity contribution in [1.82, 2.24) is 19.9 Å². The van der Waals surface area contributed by atoms with E-state index in [-0.39, 0.29) is 0 Å². The molecule has 5 heteroatoms. The molecule has 0 saturated heterocycles. The van der Waals surface area contributed by atoms with Gasteiger partial charge in [-0.2, -0.15) is 0 Å². The van der Waals surface area contributed by atoms with Crippen molar-refractivity contribution in [1.29, 1.82) is 0 Å². The lowest BCUT2D eigenvalue weighted by molar-refractivity contribution is 0.623. The third kappa shape index (κ3) is 5.72. The molecular formula is C52H32N4O. The Bertz CT molecular complexity index is 3270. The number of aromatic nitrogens is 4. The largest absolute Gasteiger partial charge is 0.435 e. The van der Waals surface area contributed by atoms with Crippen molar-refractivity contribution in [3.63, 3.8) is 0 Å². The Balaban J connectivity index is 1.15. The molecule has 0 N–H and O–H groups in total. The van der Waals surface area contributed by atoms with Crippen molar-refractivity contribution in [2.75, 3.05) is 0 Å². The Morgan fingerprint density at radius 2 is 0.895 bits per heavy atom. The minimum absolute atomic E-state index is 0.603. The Hall–Kier alpha value is -7.76. The summed E-state index contributed by atoms with van der Waals surface area (Å²) < 4.78 is 6.61. The van der Waals surface area contributed by atoms with E-state index in [1.807, 2.05) is 66.7 Å². The van der Waals surface area contributed by atoms with Gasteiger partial charge in [0, 0.05) is 33.0 Å². The van der Waals surface area contributed by atoms with Gasteiger partial charge < -0.3 is 4.42 Å². The topological polar surface area (TPSA) is 64.7 Å². The van der Waals surface area contributed by atoms with Crippen LogP contribution < -0.4 is 0 Å². The highest BCUT2D eigenvalue weighted by molar-refractivity contribution is 6.27. The first kappa shape index (κ1) is 32.7. The lowest BCUT2D eigenvalue weighted by Gasteiger charge is -2.15. The van der Waals surface area contributed by atoms with Crippen molar-refractivity contribution in [3.05, 3.63) is 194 Å². The molecule has 0 fully saturated rings. The summed E-state index contributed by atoms with van der Waals surface area (Å²) in [4.78, 5) is 20.6. The van der Waals surface area contributed by atoms with Gasteiger partial charge in [0.05, 0.1) is 0 Å². The summed E-state index contributed by atoms with van der Waals surface area (Å²) in [5.74, 6) is 2.43. The first-order chi connectivity index (χ1) is 28.2. The third-order valence-corrected chi connectivity index (χ3v) is 10.8. The van der Waals surface area contributed by atoms with E-state index in [1.54, 1.807) is 0 Å². The predicted octanol–water partition coefficient (Wildman–Crippen LogP) is 13.5. The molecule has 11 rings (SSSR count). The third-order valence-electron chi connectivity index (χ3n) is 10.8. The van der Waals surface area contributed by atoms with Crippen molar-refractivity contribution in [2.24, 2.45) is 0 Å². The van der Waals surface area contributed by atoms with Gasteiger partial charge in [-0.05, 0) is 74.1 Å². The first-order valence-electron chi connectivity index (χ1n) is 19.1. The molecule has 57 heavy (non-hydrogen) atoms. The standard InChI is InChI=1S/C52H32N4O/c1-5-14-33(15-6-1)39-27-30-43(44(32-39)34-16-7-2-8-17-34)51-55-49(37-18-9-3-10-19-37)54-50(56-51)42-23-13-22-41-40(42)29-26-35-24-25-36-28-31-45-48(47(36)46(35)41)57-52(53-45)38-20-11-4-12-21-38/h1-32H. The zero-order valence-electron chi connectivity index (χ0n) is 30.7. The van der Waals surface area contributed by atoms with Crippen LogP contribution in [0.2, 0.25) is 0 Å². The molecule has 2 heterocycles. The van der Waals surface area contributed by atoms with Crippen molar-refractivity contribution >= 4 is 43.4 Å². The first-order valence-corrected chi connectivity index (χ1v) is 19.1. The Morgan fingerprint density at radius 1 is 0.316 bits per heavy atom. The van der Waals surface area contributed by atoms with Crippen LogP contribution >= 0.6 is 0 Å². The number of hydrogen-bond donors (Lipinski definition) is 0. The average molecular weight is 729 g/mol. The van der Waals surface area contributed by atoms with Crippen LogP contribution in [-0.4, -0.2) is 19.9 Å². The molecule has 266 valence electrons. The van der Waals surface area contributed by atoms with Gasteiger partial charge in [0.15, 0.2) is 23.1 Å². The lowest BCUT2D eigenvalue weighted by atomic mass is 9.93. The molecule has 2 aromatic heterocycles. The summed E-state index contributed by atoms with van der Waals surface area (Å²) in [6.07, 6.45) is 0. The second kappa shape index (κ2) is 13.5. The van der Waals surface area contributed by atoms with Crippen LogP contribution in [0.4, 0.5) is 0 Å². The monoisotopic (exact) mass is 728 g/mol. The summed E-state index contributed by atoms with van der Waals surface area (Å²) in [6.45, 7) is 0. The minimum atomic E-state index is 0.603. The van der Waals surface area contributed by atoms with Gasteiger partial charge in [-0.25, -0.2) is 19.9 Å². The van der Waals surface area contributed by atoms with Gasteiger partial charge in [-0.3, -0.25) is 0 Å². The molecule has 0 aliphatic carbocycles. The predicted molar refractivity (Wildman–Crippen MR) is 233 cm³/mol. The van der Waals surface area contributed by atoms with Gasteiger partial charge in [-0.15, -0.1) is 0 Å². The maximum absolute atomic E-state index is 6.61. The van der Waals surface area contributed by atoms with E-state index in [9.17, 15) is 0 Å². The van der Waals surface area contributed by atoms with Crippen LogP contribution in [0.5, 0.6) is 0 Å². The van der Waals surface area contributed by atoms with Gasteiger partial charge in [0.1, 0.15) is 5.52 Å². The number of nitrogens with zero attached hydrogens (tertiary/aromatic N) is 4. The van der Waals surface area contributed by atoms with E-state index >= 15 is 0 Å². The normalized spacial score (nSPS) is 11.5. The molecule has 0 spiro atoms. The zero-order valence-corrected chi connectivity index (χ0v) is 30.7. The van der Waals surface area contributed by atoms with Crippen molar-refractivity contribution in [3.8, 4) is 67.9 Å². The molecule has 0 aliphatic rings. The maximum atomic E-state index is 6.61. The van der Waals surface area contributed by atoms with Crippen molar-refractivity contribution in [2.45, 2.75) is 0 Å². The number of hydrogen-bond acceptors (Lipinski definition) is 5. The van der Waals surface area contributed by atoms with Crippen LogP contribution in [0.15, 0.2) is 199 Å². The maximum Gasteiger partial charge on any atom is 0.227 e. The lowest BCUT2D eigenvalue weighted by Crippen LogP contribution is -2.01. The zero-order chi connectivity index (χ0) is 37.7. The average Bonchev–Trinajstić information content (AvgIpc) is 3.74. The van der Waals surface area contributed by atoms with Crippen LogP contribution in [-0.2, 0) is 0 Å². The number of oxazole rings is 1. The Kier molecular flexibility index (Phi) is 7.74. The van der Waals surface area contributed by atoms with E-state index in [2.05, 4.69) is 127 Å². The minimum Gasteiger partial charge on any atom is -0.435 e. The number of benzene rings is 9. The van der Waals surface area contributed by atoms with E-state index in [4.69, 9.17) is 24.4 Å². The Labute approximate surface area is 328 Å². The molecule has 9 aromatic carbocycles. The van der Waals surface area contributed by atoms with Crippen LogP contribution in [0.3, 0.4) is 0 Å². The number of rotatable bonds is 6. The molecule has 0 bridgehead atoms. The van der Waals surface area contributed by atoms with Gasteiger partial charge in [-0.1, -0.05) is 164 Å². The summed E-state index contributed by atoms with van der Waals surface area (Å²) in [6, 6.07) is 67.0. The molecule has 0 aliphatic heterocycles. The fourth-order valence-corrected chi connectivity index (χ4v) is 8.01. The fraction of sp³-hybridized carbons (Fsp3) is 0. The molecule has 5 nitrogen and oxygen atoms in total. The summed E-state index contributed by atoms with van der Waals surface area (Å²) in [7, 11) is 0. The van der Waals surface area contributed by atoms with E-state index < -0.39 is 0 Å². The quantitative estimate of drug-likeness (QED) is 0.160. The molecule has 11 aromatic rings. The highest BCUT2D eigenvalue weighted by atomic mass is 16.3. The fourth-order valence-electron chi connectivity index (χ4n) is 8.01. The SMILES string of the molecule is c1ccc(-c2ccc(-c3nc(-c4ccccc4)nc(-c4cccc5c4ccc4ccc6ccc7nc(-c8ccccc8)oc7c6c45)n3)c(-c3ccccc3)c2)cc1. The molecule has 0 atom stereocenters. The van der Waals surface area contributed by atoms with Crippen LogP contribution in [0.25, 0.3) is 111 Å². The summed E-state index contributed by atoms with van der Waals surface area (Å²) in [5.41, 5.74) is 9.73. The second-order valence-electron chi connectivity index (χ2n) is 14.2. The van der Waals surface area contributed by atoms with Crippen LogP contribution in [0, 0.1) is 0 Å². The van der Waals surface area contributed by atoms with Gasteiger partial charge in [0.25, 0.3) is 0 Å². The second-order valence-corrected chi connectivity index (χ2v) is 14.2. The van der Waals surface area contributed by atoms with Crippen molar-refractivity contribution < 1.29 is 4.42 Å². The Morgan fingerprint density at radius 3 is 1.61 bits per heavy atom. The van der Waals surface area contributed by atoms with Crippen LogP contribution in [0.1, 0.15) is 0 Å². The van der Waals surface area contributed by atoms with E-state index in [1.165, 1.54) is 0 Å². The van der Waals surface area contributed by atoms with Gasteiger partial charge in [0.2, 0.25) is 5.89 Å². The van der Waals surface area contributed by atoms with Gasteiger partial charge >= 0.3 is 0 Å². The molecule has 0 saturated carbocycles. The van der Waals surface area contributed by atoms with E-state index in [0.717, 1.165) is 87.9 Å². The molecular weight excluding hydrogens is 697 g/mol. The molecule has 0 unspecified atom stereocenters. The highest BCUT2D eigenvalue weighted by Gasteiger charge is 2.20. The smallest absolute Gasteiger partial charge is 0.227 e.